The van der Waals surface area contributed by atoms with E-state index in [0.29, 0.717) is 31.3 Å². The first-order chi connectivity index (χ1) is 12.6. The van der Waals surface area contributed by atoms with E-state index in [9.17, 15) is 19.5 Å². The molecule has 4 aliphatic rings. The standard InChI is InChI=1S/C22H27FO4/c1-12-8-16-15-5-4-13-9-14(25)6-7-21(13,3)22(15,23)18(27)10-20(16,2)19(12)17(26)11-24/h9,15-16,24H,4-8,10-11H2,1-3H3/t15-,16-,20-,21-,22-/m0/s1. The van der Waals surface area contributed by atoms with E-state index in [-0.39, 0.29) is 30.3 Å². The summed E-state index contributed by atoms with van der Waals surface area (Å²) in [7, 11) is 0. The Kier molecular flexibility index (Phi) is 3.95. The largest absolute Gasteiger partial charge is 0.388 e. The van der Waals surface area contributed by atoms with Crippen molar-refractivity contribution in [3.8, 4) is 0 Å². The van der Waals surface area contributed by atoms with Crippen LogP contribution < -0.4 is 0 Å². The molecule has 0 amide bonds. The first kappa shape index (κ1) is 18.7. The third kappa shape index (κ3) is 2.15. The van der Waals surface area contributed by atoms with Crippen molar-refractivity contribution in [1.29, 1.82) is 0 Å². The number of aliphatic hydroxyl groups excluding tert-OH is 1. The summed E-state index contributed by atoms with van der Waals surface area (Å²) in [6.45, 7) is 4.99. The average molecular weight is 374 g/mol. The predicted molar refractivity (Wildman–Crippen MR) is 97.6 cm³/mol. The molecule has 2 saturated carbocycles. The van der Waals surface area contributed by atoms with Gasteiger partial charge in [-0.05, 0) is 44.6 Å². The Balaban J connectivity index is 1.82. The lowest BCUT2D eigenvalue weighted by atomic mass is 9.45. The summed E-state index contributed by atoms with van der Waals surface area (Å²) in [6.07, 6.45) is 3.94. The molecule has 0 aliphatic heterocycles. The maximum Gasteiger partial charge on any atom is 0.184 e. The molecule has 27 heavy (non-hydrogen) atoms. The van der Waals surface area contributed by atoms with Crippen molar-refractivity contribution < 1.29 is 23.9 Å². The number of Topliss-reactive ketones (excluding diaryl/α,β-unsaturated/α-hetero) is 2. The zero-order chi connectivity index (χ0) is 19.8. The molecule has 0 radical (unpaired) electrons. The fourth-order valence-corrected chi connectivity index (χ4v) is 6.87. The Bertz CT molecular complexity index is 824. The lowest BCUT2D eigenvalue weighted by Crippen LogP contribution is -2.65. The van der Waals surface area contributed by atoms with Crippen molar-refractivity contribution in [2.45, 2.75) is 65.0 Å². The minimum atomic E-state index is -1.99. The quantitative estimate of drug-likeness (QED) is 0.805. The molecule has 0 bridgehead atoms. The number of ketones is 3. The van der Waals surface area contributed by atoms with Crippen molar-refractivity contribution in [3.05, 3.63) is 22.8 Å². The van der Waals surface area contributed by atoms with Crippen LogP contribution in [0, 0.1) is 22.7 Å². The number of alkyl halides is 1. The molecule has 146 valence electrons. The predicted octanol–water partition coefficient (Wildman–Crippen LogP) is 3.28. The molecule has 4 nitrogen and oxygen atoms in total. The highest BCUT2D eigenvalue weighted by atomic mass is 19.1. The molecule has 0 spiro atoms. The van der Waals surface area contributed by atoms with Gasteiger partial charge < -0.3 is 5.11 Å². The van der Waals surface area contributed by atoms with Gasteiger partial charge in [0.2, 0.25) is 0 Å². The Morgan fingerprint density at radius 3 is 2.63 bits per heavy atom. The smallest absolute Gasteiger partial charge is 0.184 e. The van der Waals surface area contributed by atoms with Crippen LogP contribution in [-0.2, 0) is 14.4 Å². The summed E-state index contributed by atoms with van der Waals surface area (Å²) in [4.78, 5) is 37.6. The van der Waals surface area contributed by atoms with Crippen LogP contribution in [0.2, 0.25) is 0 Å². The zero-order valence-electron chi connectivity index (χ0n) is 16.2. The highest BCUT2D eigenvalue weighted by Gasteiger charge is 2.70. The van der Waals surface area contributed by atoms with E-state index in [1.807, 2.05) is 20.8 Å². The monoisotopic (exact) mass is 374 g/mol. The van der Waals surface area contributed by atoms with E-state index in [0.717, 1.165) is 11.1 Å². The Morgan fingerprint density at radius 2 is 1.96 bits per heavy atom. The number of fused-ring (bicyclic) bond motifs is 5. The molecule has 0 aromatic rings. The van der Waals surface area contributed by atoms with Crippen LogP contribution in [0.1, 0.15) is 59.3 Å². The van der Waals surface area contributed by atoms with Crippen molar-refractivity contribution in [2.24, 2.45) is 22.7 Å². The lowest BCUT2D eigenvalue weighted by Gasteiger charge is -2.59. The molecule has 0 aromatic carbocycles. The Labute approximate surface area is 158 Å². The van der Waals surface area contributed by atoms with Crippen molar-refractivity contribution in [1.82, 2.24) is 0 Å². The van der Waals surface area contributed by atoms with E-state index in [4.69, 9.17) is 0 Å². The highest BCUT2D eigenvalue weighted by molar-refractivity contribution is 6.02. The van der Waals surface area contributed by atoms with Crippen LogP contribution in [0.25, 0.3) is 0 Å². The number of rotatable bonds is 2. The van der Waals surface area contributed by atoms with Crippen LogP contribution in [0.4, 0.5) is 4.39 Å². The molecule has 2 fully saturated rings. The average Bonchev–Trinajstić information content (AvgIpc) is 2.86. The van der Waals surface area contributed by atoms with Crippen molar-refractivity contribution in [3.63, 3.8) is 0 Å². The van der Waals surface area contributed by atoms with E-state index in [2.05, 4.69) is 0 Å². The number of carbonyl (C=O) groups is 3. The molecule has 4 rings (SSSR count). The van der Waals surface area contributed by atoms with Crippen molar-refractivity contribution >= 4 is 17.3 Å². The van der Waals surface area contributed by atoms with Gasteiger partial charge in [-0.25, -0.2) is 4.39 Å². The lowest BCUT2D eigenvalue weighted by molar-refractivity contribution is -0.169. The number of hydrogen-bond donors (Lipinski definition) is 1. The van der Waals surface area contributed by atoms with Gasteiger partial charge in [0.15, 0.2) is 23.0 Å². The highest BCUT2D eigenvalue weighted by Crippen LogP contribution is 2.68. The summed E-state index contributed by atoms with van der Waals surface area (Å²) in [6, 6.07) is 0. The molecule has 0 aromatic heterocycles. The first-order valence-corrected chi connectivity index (χ1v) is 9.90. The van der Waals surface area contributed by atoms with Gasteiger partial charge in [-0.1, -0.05) is 25.0 Å². The third-order valence-corrected chi connectivity index (χ3v) is 8.14. The summed E-state index contributed by atoms with van der Waals surface area (Å²) < 4.78 is 16.7. The van der Waals surface area contributed by atoms with E-state index in [1.54, 1.807) is 6.08 Å². The van der Waals surface area contributed by atoms with Gasteiger partial charge >= 0.3 is 0 Å². The van der Waals surface area contributed by atoms with Gasteiger partial charge in [0.25, 0.3) is 0 Å². The summed E-state index contributed by atoms with van der Waals surface area (Å²) in [5, 5.41) is 9.40. The van der Waals surface area contributed by atoms with Gasteiger partial charge in [0, 0.05) is 35.2 Å². The van der Waals surface area contributed by atoms with Gasteiger partial charge in [-0.15, -0.1) is 0 Å². The molecular formula is C22H27FO4. The minimum absolute atomic E-state index is 0.0140. The second kappa shape index (κ2) is 5.69. The zero-order valence-corrected chi connectivity index (χ0v) is 16.2. The van der Waals surface area contributed by atoms with Crippen LogP contribution >= 0.6 is 0 Å². The molecule has 5 heteroatoms. The fraction of sp³-hybridized carbons (Fsp3) is 0.682. The van der Waals surface area contributed by atoms with E-state index in [1.165, 1.54) is 0 Å². The van der Waals surface area contributed by atoms with Gasteiger partial charge in [-0.3, -0.25) is 14.4 Å². The SMILES string of the molecule is CC1=C(C(=O)CO)[C@@]2(C)CC(=O)[C@@]3(F)[C@@H](CCC4=CC(=O)CC[C@@]43C)[C@@H]2C1. The summed E-state index contributed by atoms with van der Waals surface area (Å²) >= 11 is 0. The number of allylic oxidation sites excluding steroid dienone is 3. The first-order valence-electron chi connectivity index (χ1n) is 9.90. The second-order valence-electron chi connectivity index (χ2n) is 9.39. The molecule has 5 atom stereocenters. The minimum Gasteiger partial charge on any atom is -0.388 e. The maximum absolute atomic E-state index is 16.7. The van der Waals surface area contributed by atoms with Gasteiger partial charge in [0.1, 0.15) is 6.61 Å². The maximum atomic E-state index is 16.7. The molecule has 0 unspecified atom stereocenters. The number of halogens is 1. The van der Waals surface area contributed by atoms with Crippen LogP contribution in [0.5, 0.6) is 0 Å². The Morgan fingerprint density at radius 1 is 1.26 bits per heavy atom. The van der Waals surface area contributed by atoms with Crippen LogP contribution in [0.15, 0.2) is 22.8 Å². The third-order valence-electron chi connectivity index (χ3n) is 8.14. The second-order valence-corrected chi connectivity index (χ2v) is 9.39. The molecule has 4 aliphatic carbocycles. The fourth-order valence-electron chi connectivity index (χ4n) is 6.87. The molecule has 0 saturated heterocycles. The van der Waals surface area contributed by atoms with E-state index < -0.39 is 34.8 Å². The van der Waals surface area contributed by atoms with Crippen molar-refractivity contribution in [2.75, 3.05) is 6.61 Å². The van der Waals surface area contributed by atoms with Gasteiger partial charge in [0.05, 0.1) is 0 Å². The summed E-state index contributed by atoms with van der Waals surface area (Å²) in [5.74, 6) is -1.35. The number of hydrogen-bond acceptors (Lipinski definition) is 4. The summed E-state index contributed by atoms with van der Waals surface area (Å²) in [5.41, 5.74) is -1.42. The molecule has 0 heterocycles. The normalized spacial score (nSPS) is 43.8. The molecule has 1 N–H and O–H groups in total. The van der Waals surface area contributed by atoms with Crippen LogP contribution in [0.3, 0.4) is 0 Å². The van der Waals surface area contributed by atoms with E-state index >= 15 is 4.39 Å². The number of carbonyl (C=O) groups excluding carboxylic acids is 3. The van der Waals surface area contributed by atoms with Crippen LogP contribution in [-0.4, -0.2) is 34.7 Å². The number of aliphatic hydroxyl groups is 1. The van der Waals surface area contributed by atoms with Gasteiger partial charge in [-0.2, -0.15) is 0 Å². The topological polar surface area (TPSA) is 71.4 Å². The molecular weight excluding hydrogens is 347 g/mol. The Hall–Kier alpha value is -1.62.